The fourth-order valence-corrected chi connectivity index (χ4v) is 21.5. The number of nitrogen functional groups attached to an aromatic ring is 4. The summed E-state index contributed by atoms with van der Waals surface area (Å²) < 4.78 is 124. The molecule has 0 aliphatic carbocycles. The van der Waals surface area contributed by atoms with Crippen molar-refractivity contribution in [2.45, 2.75) is 181 Å². The monoisotopic (exact) mass is 1710 g/mol. The highest BCUT2D eigenvalue weighted by Crippen LogP contribution is 2.64. The van der Waals surface area contributed by atoms with Crippen molar-refractivity contribution in [1.82, 2.24) is 87.6 Å². The van der Waals surface area contributed by atoms with Crippen molar-refractivity contribution in [2.24, 2.45) is 0 Å². The maximum Gasteiger partial charge on any atom is 0.386 e. The first-order valence-electron chi connectivity index (χ1n) is 34.3. The van der Waals surface area contributed by atoms with E-state index in [1.165, 1.54) is 78.6 Å². The predicted molar refractivity (Wildman–Crippen MR) is 395 cm³/mol. The number of imidazole rings is 4. The van der Waals surface area contributed by atoms with Crippen molar-refractivity contribution in [3.05, 3.63) is 91.3 Å². The van der Waals surface area contributed by atoms with Crippen LogP contribution >= 0.6 is 39.2 Å². The second-order valence-corrected chi connectivity index (χ2v) is 39.0. The van der Waals surface area contributed by atoms with Gasteiger partial charge in [-0.2, -0.15) is 9.97 Å². The molecule has 9 unspecified atom stereocenters. The van der Waals surface area contributed by atoms with E-state index in [-0.39, 0.29) is 75.4 Å². The second kappa shape index (κ2) is 28.4. The molecule has 0 amide bonds. The van der Waals surface area contributed by atoms with Crippen molar-refractivity contribution >= 4 is 143 Å². The van der Waals surface area contributed by atoms with Gasteiger partial charge in [-0.05, 0) is 69.5 Å². The number of aromatic nitrogens is 18. The number of ether oxygens (including phenoxy) is 8. The summed E-state index contributed by atoms with van der Waals surface area (Å²) in [7, 11) is 0. The Hall–Kier alpha value is -6.59. The summed E-state index contributed by atoms with van der Waals surface area (Å²) in [5, 5.41) is 11.9. The summed E-state index contributed by atoms with van der Waals surface area (Å²) in [5.74, 6) is -0.313. The summed E-state index contributed by atoms with van der Waals surface area (Å²) >= 11 is 21.7. The van der Waals surface area contributed by atoms with Gasteiger partial charge in [-0.25, -0.2) is 49.2 Å². The summed E-state index contributed by atoms with van der Waals surface area (Å²) in [6.45, 7) is -13.6. The molecule has 9 aromatic heterocycles. The van der Waals surface area contributed by atoms with Crippen LogP contribution in [0.3, 0.4) is 0 Å². The fraction of sp³-hybridized carbons (Fsp3) is 0.579. The number of hydrogen-bond acceptors (Lipinski definition) is 39. The van der Waals surface area contributed by atoms with Gasteiger partial charge in [0.25, 0.3) is 16.7 Å². The molecule has 112 heavy (non-hydrogen) atoms. The highest BCUT2D eigenvalue weighted by molar-refractivity contribution is 8.44. The number of hydrogen-bond donors (Lipinski definition) is 12. The van der Waals surface area contributed by atoms with E-state index >= 15 is 4.57 Å². The van der Waals surface area contributed by atoms with Gasteiger partial charge in [0, 0.05) is 24.6 Å². The molecule has 0 radical (unpaired) electrons. The van der Waals surface area contributed by atoms with Gasteiger partial charge in [0.2, 0.25) is 11.9 Å². The van der Waals surface area contributed by atoms with Crippen molar-refractivity contribution < 1.29 is 98.4 Å². The van der Waals surface area contributed by atoms with Gasteiger partial charge in [0.1, 0.15) is 102 Å². The minimum Gasteiger partial charge on any atom is -0.387 e. The lowest BCUT2D eigenvalue weighted by atomic mass is 9.94. The molecular weight excluding hydrogens is 1640 g/mol. The number of aromatic amines is 3. The van der Waals surface area contributed by atoms with E-state index in [2.05, 4.69) is 77.0 Å². The quantitative estimate of drug-likeness (QED) is 0.0249. The molecule has 8 saturated heterocycles. The highest BCUT2D eigenvalue weighted by atomic mass is 32.7. The zero-order chi connectivity index (χ0) is 79.0. The van der Waals surface area contributed by atoms with Crippen LogP contribution in [-0.4, -0.2) is 230 Å². The summed E-state index contributed by atoms with van der Waals surface area (Å²) in [5.41, 5.74) is 16.2. The number of aliphatic hydroxyl groups is 1. The topological polar surface area (TPSA) is 619 Å². The van der Waals surface area contributed by atoms with Crippen molar-refractivity contribution in [1.29, 1.82) is 0 Å². The van der Waals surface area contributed by atoms with E-state index in [1.54, 1.807) is 11.5 Å². The number of anilines is 4. The molecule has 17 rings (SSSR count). The first-order chi connectivity index (χ1) is 53.1. The number of fused-ring (bicyclic) bond motifs is 10. The molecule has 8 fully saturated rings. The summed E-state index contributed by atoms with van der Waals surface area (Å²) in [6, 6.07) is 0. The molecule has 8 aliphatic rings. The number of aliphatic hydroxyl groups excluding tert-OH is 1. The van der Waals surface area contributed by atoms with Crippen molar-refractivity contribution in [2.75, 3.05) is 49.4 Å². The van der Waals surface area contributed by atoms with Gasteiger partial charge in [0.15, 0.2) is 63.9 Å². The van der Waals surface area contributed by atoms with Gasteiger partial charge in [-0.1, -0.05) is 19.2 Å². The third-order valence-corrected chi connectivity index (χ3v) is 27.5. The number of nitrogens with one attached hydrogen (secondary N) is 3. The Balaban J connectivity index is 0.635. The lowest BCUT2D eigenvalue weighted by Gasteiger charge is -2.38. The van der Waals surface area contributed by atoms with Crippen molar-refractivity contribution in [3.8, 4) is 0 Å². The van der Waals surface area contributed by atoms with Crippen LogP contribution in [0.1, 0.15) is 83.7 Å². The largest absolute Gasteiger partial charge is 0.387 e. The number of thiol groups is 1. The minimum atomic E-state index is -4.87. The summed E-state index contributed by atoms with van der Waals surface area (Å²) in [4.78, 5) is 139. The molecule has 602 valence electrons. The van der Waals surface area contributed by atoms with E-state index in [4.69, 9.17) is 132 Å². The number of nitrogens with two attached hydrogens (primary N) is 4. The van der Waals surface area contributed by atoms with Crippen LogP contribution in [-0.2, 0) is 114 Å². The van der Waals surface area contributed by atoms with E-state index in [0.29, 0.717) is 17.6 Å². The van der Waals surface area contributed by atoms with Crippen LogP contribution in [0.25, 0.3) is 44.7 Å². The van der Waals surface area contributed by atoms with Crippen LogP contribution in [0, 0.1) is 6.92 Å². The SMILES string of the molecule is CC[C@H]1O[C@@H](n2cnc3c(N)ncnc32)CC1OP(O)(=S)OC[C@H]1O[C@@H](n2cnc3c(N)ncnc32)CC1OP(=O)(S)OC[C@]12O[C@@H](n3cnc4c(=O)[nH]c(N)nc43)[C@@H](O[C@H]1C)C2OP(O)(=S)OC[C@]12O[C@@H](n3cc(C)c(=O)[nH]c3=O)[C@@H](O[C@H]1C)C2OP(O)(=S)OC[C@]12O[C@@H](n3cnc4c(=O)[nH]c(N)nc43)[C@@H](O[C@H]1C)C2O. The zero-order valence-electron chi connectivity index (χ0n) is 58.7. The van der Waals surface area contributed by atoms with E-state index in [9.17, 15) is 39.0 Å². The molecule has 55 heteroatoms. The number of rotatable bonds is 26. The molecule has 47 nitrogen and oxygen atoms in total. The molecule has 0 aromatic carbocycles. The lowest BCUT2D eigenvalue weighted by Crippen LogP contribution is -2.52. The predicted octanol–water partition coefficient (Wildman–Crippen LogP) is -0.0739. The zero-order valence-corrected chi connectivity index (χ0v) is 65.6. The molecule has 6 bridgehead atoms. The smallest absolute Gasteiger partial charge is 0.386 e. The normalized spacial score (nSPS) is 34.9. The molecule has 0 spiro atoms. The Morgan fingerprint density at radius 2 is 0.982 bits per heavy atom. The maximum atomic E-state index is 15.2. The number of H-pyrrole nitrogens is 3. The van der Waals surface area contributed by atoms with Crippen LogP contribution in [0.2, 0.25) is 0 Å². The molecule has 8 aliphatic heterocycles. The first-order valence-corrected chi connectivity index (χ1v) is 44.8. The molecule has 15 N–H and O–H groups in total. The maximum absolute atomic E-state index is 15.2. The average molecular weight is 1720 g/mol. The molecule has 17 heterocycles. The standard InChI is InChI=1S/C57H70N22O25P4S4/c1-6-24-25(7-28(96-24)76-16-66-30-40(58)62-14-64-42(30)76)101-105(85,109)89-10-27-26(8-29(97-27)77-17-67-31-41(59)63-15-65-43(31)77)102-106(86,110)91-12-57-23(5)95-36(51(100-57)79-19-69-33-45(79)71-53(61)73-48(33)83)39(57)104-108(88,112)92-13-56-22(4)94-35(50(99-56)75-9-20(2)46(81)74-54(75)84)38(56)103-107(87,111)90-11-55-21(3)93-34(37(55)80)49(98-55)78-18-68-32-44(78)70-52(60)72-47(32)82/h9,14-19,21-29,34-39,49-51,80H,6-8,10-13H2,1-5H3,(H,85,109)(H,86,110)(H,87,111)(H,88,112)(H2,58,62,64)(H2,59,63,65)(H,74,81,84)(H3,60,70,72,82)(H3,61,71,73,83)/t21-,22-,23-,24+,25?,26?,27+,28+,29+,34-,35-,36-,37?,38?,39?,49+,50+,51+,55-,56-,57-,105?,106?,107?,108?/m0/s1. The Bertz CT molecular complexity index is 5730. The van der Waals surface area contributed by atoms with Crippen LogP contribution in [0.15, 0.2) is 63.3 Å². The third kappa shape index (κ3) is 13.3. The van der Waals surface area contributed by atoms with Crippen LogP contribution < -0.4 is 45.3 Å². The Kier molecular flexibility index (Phi) is 19.7. The Morgan fingerprint density at radius 3 is 1.52 bits per heavy atom. The van der Waals surface area contributed by atoms with Crippen molar-refractivity contribution in [3.63, 3.8) is 0 Å². The van der Waals surface area contributed by atoms with Gasteiger partial charge >= 0.3 is 32.6 Å². The lowest BCUT2D eigenvalue weighted by molar-refractivity contribution is -0.218. The minimum absolute atomic E-state index is 0.00718. The van der Waals surface area contributed by atoms with Gasteiger partial charge < -0.3 is 98.7 Å². The van der Waals surface area contributed by atoms with Crippen LogP contribution in [0.4, 0.5) is 23.5 Å². The van der Waals surface area contributed by atoms with E-state index in [0.717, 1.165) is 4.57 Å². The molecular formula is C57H70N22O25P4S4. The van der Waals surface area contributed by atoms with Crippen LogP contribution in [0.5, 0.6) is 0 Å². The Morgan fingerprint density at radius 1 is 0.545 bits per heavy atom. The first kappa shape index (κ1) is 78.0. The molecule has 9 aromatic rings. The number of nitrogens with zero attached hydrogens (tertiary/aromatic N) is 15. The average Bonchev–Trinajstić information content (AvgIpc) is 1.55. The molecule has 0 saturated carbocycles. The van der Waals surface area contributed by atoms with Gasteiger partial charge in [0.05, 0.1) is 82.3 Å². The third-order valence-electron chi connectivity index (χ3n) is 21.2. The van der Waals surface area contributed by atoms with Gasteiger partial charge in [-0.3, -0.25) is 70.3 Å². The van der Waals surface area contributed by atoms with Gasteiger partial charge in [-0.15, -0.1) is 0 Å². The molecule has 25 atom stereocenters. The second-order valence-electron chi connectivity index (χ2n) is 27.7. The highest BCUT2D eigenvalue weighted by Gasteiger charge is 2.72. The van der Waals surface area contributed by atoms with E-state index < -0.39 is 203 Å². The van der Waals surface area contributed by atoms with E-state index in [1.807, 2.05) is 6.92 Å². The number of aryl methyl sites for hydroxylation is 1. The summed E-state index contributed by atoms with van der Waals surface area (Å²) in [6.07, 6.45) is -12.1. The fourth-order valence-electron chi connectivity index (χ4n) is 15.6. The Labute approximate surface area is 647 Å².